The van der Waals surface area contributed by atoms with Crippen LogP contribution in [0, 0.1) is 0 Å². The Morgan fingerprint density at radius 3 is 2.96 bits per heavy atom. The molecule has 6 heteroatoms. The summed E-state index contributed by atoms with van der Waals surface area (Å²) in [5, 5.41) is 9.44. The first-order chi connectivity index (χ1) is 12.5. The van der Waals surface area contributed by atoms with Crippen LogP contribution >= 0.6 is 27.3 Å². The van der Waals surface area contributed by atoms with Gasteiger partial charge in [-0.05, 0) is 43.5 Å². The third kappa shape index (κ3) is 2.62. The van der Waals surface area contributed by atoms with Gasteiger partial charge in [-0.25, -0.2) is 5.01 Å². The number of benzene rings is 1. The van der Waals surface area contributed by atoms with Crippen LogP contribution in [0.25, 0.3) is 0 Å². The standard InChI is InChI=1S/C20H21BrN2O2S/c1-19(2)12-20(7-8-24-19)23-16(11-15(22-23)18-4-3-9-26-18)14-10-13(21)5-6-17(14)25-20/h3-6,9-10,16H,7-8,11-12H2,1-2H3/t16-,20+/m0/s1. The van der Waals surface area contributed by atoms with Crippen LogP contribution in [0.4, 0.5) is 0 Å². The van der Waals surface area contributed by atoms with Gasteiger partial charge in [0.15, 0.2) is 0 Å². The van der Waals surface area contributed by atoms with Crippen molar-refractivity contribution in [1.82, 2.24) is 5.01 Å². The molecule has 0 amide bonds. The van der Waals surface area contributed by atoms with Crippen molar-refractivity contribution in [1.29, 1.82) is 0 Å². The summed E-state index contributed by atoms with van der Waals surface area (Å²) < 4.78 is 13.7. The number of ether oxygens (including phenoxy) is 2. The second-order valence-corrected chi connectivity index (χ2v) is 9.72. The minimum atomic E-state index is -0.438. The molecule has 0 bridgehead atoms. The van der Waals surface area contributed by atoms with Crippen molar-refractivity contribution < 1.29 is 9.47 Å². The van der Waals surface area contributed by atoms with E-state index in [-0.39, 0.29) is 11.6 Å². The van der Waals surface area contributed by atoms with Crippen LogP contribution in [0.5, 0.6) is 5.75 Å². The van der Waals surface area contributed by atoms with E-state index in [9.17, 15) is 0 Å². The highest BCUT2D eigenvalue weighted by Crippen LogP contribution is 2.52. The zero-order valence-electron chi connectivity index (χ0n) is 14.9. The number of rotatable bonds is 1. The average molecular weight is 433 g/mol. The molecular weight excluding hydrogens is 412 g/mol. The van der Waals surface area contributed by atoms with Crippen LogP contribution in [0.2, 0.25) is 0 Å². The molecule has 2 aromatic rings. The number of nitrogens with zero attached hydrogens (tertiary/aromatic N) is 2. The summed E-state index contributed by atoms with van der Waals surface area (Å²) in [5.41, 5.74) is 1.71. The minimum Gasteiger partial charge on any atom is -0.466 e. The van der Waals surface area contributed by atoms with Crippen LogP contribution < -0.4 is 4.74 Å². The van der Waals surface area contributed by atoms with Crippen molar-refractivity contribution in [2.75, 3.05) is 6.61 Å². The molecule has 4 nitrogen and oxygen atoms in total. The van der Waals surface area contributed by atoms with Crippen LogP contribution in [0.3, 0.4) is 0 Å². The first-order valence-corrected chi connectivity index (χ1v) is 10.7. The van der Waals surface area contributed by atoms with Gasteiger partial charge in [-0.3, -0.25) is 0 Å². The molecule has 1 saturated heterocycles. The van der Waals surface area contributed by atoms with E-state index in [1.54, 1.807) is 11.3 Å². The number of halogens is 1. The van der Waals surface area contributed by atoms with Crippen molar-refractivity contribution >= 4 is 33.0 Å². The molecule has 136 valence electrons. The third-order valence-electron chi connectivity index (χ3n) is 5.45. The van der Waals surface area contributed by atoms with Gasteiger partial charge in [0.05, 0.1) is 28.8 Å². The molecule has 1 spiro atoms. The number of hydrogen-bond donors (Lipinski definition) is 0. The lowest BCUT2D eigenvalue weighted by Gasteiger charge is -2.52. The highest BCUT2D eigenvalue weighted by atomic mass is 79.9. The molecule has 0 aliphatic carbocycles. The van der Waals surface area contributed by atoms with Gasteiger partial charge in [-0.15, -0.1) is 11.3 Å². The van der Waals surface area contributed by atoms with E-state index >= 15 is 0 Å². The fraction of sp³-hybridized carbons (Fsp3) is 0.450. The molecule has 5 rings (SSSR count). The summed E-state index contributed by atoms with van der Waals surface area (Å²) in [5.74, 6) is 0.981. The summed E-state index contributed by atoms with van der Waals surface area (Å²) >= 11 is 5.37. The van der Waals surface area contributed by atoms with Crippen molar-refractivity contribution in [3.63, 3.8) is 0 Å². The largest absolute Gasteiger partial charge is 0.466 e. The molecule has 0 N–H and O–H groups in total. The number of fused-ring (bicyclic) bond motifs is 4. The van der Waals surface area contributed by atoms with E-state index < -0.39 is 5.72 Å². The number of hydrogen-bond acceptors (Lipinski definition) is 5. The molecule has 1 aromatic heterocycles. The second kappa shape index (κ2) is 5.81. The smallest absolute Gasteiger partial charge is 0.203 e. The zero-order chi connectivity index (χ0) is 17.9. The van der Waals surface area contributed by atoms with E-state index in [1.807, 2.05) is 0 Å². The van der Waals surface area contributed by atoms with Crippen LogP contribution in [-0.4, -0.2) is 28.7 Å². The quantitative estimate of drug-likeness (QED) is 0.609. The molecule has 0 saturated carbocycles. The van der Waals surface area contributed by atoms with Crippen molar-refractivity contribution in [3.8, 4) is 5.75 Å². The first kappa shape index (κ1) is 16.8. The van der Waals surface area contributed by atoms with Gasteiger partial charge in [0.1, 0.15) is 5.75 Å². The van der Waals surface area contributed by atoms with Crippen molar-refractivity contribution in [3.05, 3.63) is 50.6 Å². The highest BCUT2D eigenvalue weighted by Gasteiger charge is 2.54. The minimum absolute atomic E-state index is 0.210. The molecular formula is C20H21BrN2O2S. The molecule has 4 heterocycles. The van der Waals surface area contributed by atoms with Crippen LogP contribution in [0.1, 0.15) is 49.6 Å². The normalized spacial score (nSPS) is 29.1. The first-order valence-electron chi connectivity index (χ1n) is 8.99. The van der Waals surface area contributed by atoms with Gasteiger partial charge < -0.3 is 9.47 Å². The van der Waals surface area contributed by atoms with E-state index in [2.05, 4.69) is 70.5 Å². The summed E-state index contributed by atoms with van der Waals surface area (Å²) in [6.07, 6.45) is 2.53. The average Bonchev–Trinajstić information content (AvgIpc) is 3.24. The Balaban J connectivity index is 1.63. The SMILES string of the molecule is CC1(C)C[C@@]2(CCO1)Oc1ccc(Br)cc1[C@@H]1CC(c3cccs3)=NN12. The van der Waals surface area contributed by atoms with E-state index in [0.29, 0.717) is 6.61 Å². The number of hydrazone groups is 1. The topological polar surface area (TPSA) is 34.1 Å². The van der Waals surface area contributed by atoms with Gasteiger partial charge in [0.2, 0.25) is 5.72 Å². The lowest BCUT2D eigenvalue weighted by Crippen LogP contribution is -2.60. The molecule has 26 heavy (non-hydrogen) atoms. The molecule has 0 unspecified atom stereocenters. The van der Waals surface area contributed by atoms with Gasteiger partial charge in [-0.1, -0.05) is 22.0 Å². The van der Waals surface area contributed by atoms with Gasteiger partial charge >= 0.3 is 0 Å². The fourth-order valence-electron chi connectivity index (χ4n) is 4.42. The maximum absolute atomic E-state index is 6.65. The van der Waals surface area contributed by atoms with E-state index in [4.69, 9.17) is 14.6 Å². The molecule has 2 atom stereocenters. The van der Waals surface area contributed by atoms with Gasteiger partial charge in [0.25, 0.3) is 0 Å². The summed E-state index contributed by atoms with van der Waals surface area (Å²) in [4.78, 5) is 1.25. The second-order valence-electron chi connectivity index (χ2n) is 7.85. The van der Waals surface area contributed by atoms with Crippen molar-refractivity contribution in [2.45, 2.75) is 50.5 Å². The molecule has 3 aliphatic heterocycles. The highest BCUT2D eigenvalue weighted by molar-refractivity contribution is 9.10. The van der Waals surface area contributed by atoms with Gasteiger partial charge in [0, 0.05) is 29.3 Å². The Kier molecular flexibility index (Phi) is 3.75. The van der Waals surface area contributed by atoms with Crippen LogP contribution in [0.15, 0.2) is 45.3 Å². The molecule has 0 radical (unpaired) electrons. The summed E-state index contributed by atoms with van der Waals surface area (Å²) in [6.45, 7) is 4.97. The predicted octanol–water partition coefficient (Wildman–Crippen LogP) is 5.34. The Bertz CT molecular complexity index is 880. The van der Waals surface area contributed by atoms with E-state index in [0.717, 1.165) is 35.2 Å². The van der Waals surface area contributed by atoms with Crippen molar-refractivity contribution in [2.24, 2.45) is 5.10 Å². The molecule has 1 aromatic carbocycles. The Morgan fingerprint density at radius 1 is 1.31 bits per heavy atom. The zero-order valence-corrected chi connectivity index (χ0v) is 17.3. The van der Waals surface area contributed by atoms with Crippen LogP contribution in [-0.2, 0) is 4.74 Å². The number of thiophene rings is 1. The summed E-state index contributed by atoms with van der Waals surface area (Å²) in [7, 11) is 0. The lowest BCUT2D eigenvalue weighted by molar-refractivity contribution is -0.212. The molecule has 1 fully saturated rings. The monoisotopic (exact) mass is 432 g/mol. The Morgan fingerprint density at radius 2 is 2.19 bits per heavy atom. The fourth-order valence-corrected chi connectivity index (χ4v) is 5.52. The van der Waals surface area contributed by atoms with E-state index in [1.165, 1.54) is 10.4 Å². The molecule has 3 aliphatic rings. The summed E-state index contributed by atoms with van der Waals surface area (Å²) in [6, 6.07) is 10.8. The Labute approximate surface area is 165 Å². The maximum atomic E-state index is 6.65. The Hall–Kier alpha value is -1.37. The maximum Gasteiger partial charge on any atom is 0.203 e. The van der Waals surface area contributed by atoms with Gasteiger partial charge in [-0.2, -0.15) is 5.10 Å². The third-order valence-corrected chi connectivity index (χ3v) is 6.86. The predicted molar refractivity (Wildman–Crippen MR) is 107 cm³/mol. The lowest BCUT2D eigenvalue weighted by atomic mass is 9.86.